The zero-order valence-electron chi connectivity index (χ0n) is 17.8. The summed E-state index contributed by atoms with van der Waals surface area (Å²) >= 11 is 0. The van der Waals surface area contributed by atoms with Crippen molar-refractivity contribution < 1.29 is 0 Å². The molecule has 0 aromatic rings. The van der Waals surface area contributed by atoms with Crippen LogP contribution in [0.4, 0.5) is 0 Å². The first kappa shape index (κ1) is 72.2. The zero-order valence-corrected chi connectivity index (χ0v) is 17.8. The van der Waals surface area contributed by atoms with Gasteiger partial charge in [-0.1, -0.05) is 156 Å². The van der Waals surface area contributed by atoms with E-state index < -0.39 is 0 Å². The van der Waals surface area contributed by atoms with Crippen LogP contribution >= 0.6 is 0 Å². The molecule has 0 nitrogen and oxygen atoms in total. The Balaban J connectivity index is -0.0000000130. The van der Waals surface area contributed by atoms with Gasteiger partial charge < -0.3 is 0 Å². The van der Waals surface area contributed by atoms with Crippen LogP contribution in [0.25, 0.3) is 0 Å². The molecule has 0 radical (unpaired) electrons. The van der Waals surface area contributed by atoms with Crippen LogP contribution < -0.4 is 0 Å². The van der Waals surface area contributed by atoms with E-state index in [0.717, 1.165) is 6.42 Å². The molecular weight excluding hydrogens is 324 g/mol. The summed E-state index contributed by atoms with van der Waals surface area (Å²) in [4.78, 5) is 0. The second-order valence-corrected chi connectivity index (χ2v) is 3.38. The quantitative estimate of drug-likeness (QED) is 0.248. The van der Waals surface area contributed by atoms with E-state index >= 15 is 0 Å². The molecule has 0 unspecified atom stereocenters. The molecule has 0 saturated carbocycles. The van der Waals surface area contributed by atoms with Crippen molar-refractivity contribution in [2.24, 2.45) is 0 Å². The molecular formula is C27H68. The van der Waals surface area contributed by atoms with Crippen molar-refractivity contribution >= 4 is 0 Å². The molecule has 0 amide bonds. The fourth-order valence-corrected chi connectivity index (χ4v) is 0.813. The van der Waals surface area contributed by atoms with Gasteiger partial charge >= 0.3 is 0 Å². The second kappa shape index (κ2) is 177. The van der Waals surface area contributed by atoms with Gasteiger partial charge in [-0.05, 0) is 6.92 Å². The van der Waals surface area contributed by atoms with Gasteiger partial charge in [0.15, 0.2) is 0 Å². The standard InChI is InChI=1S/C7H16.C5H8.C4H6.3C2H6.5CH4/c1-3-5-7-6-4-2;1-3-5-4-2;1-3-4-2;3*1-2;;;;;/h3-7H2,1-2H3;3-5H,1H2,2H3;1H,4H2,2H3;3*1-2H3;5*1H4. The van der Waals surface area contributed by atoms with Gasteiger partial charge in [0.2, 0.25) is 0 Å². The monoisotopic (exact) mass is 393 g/mol. The van der Waals surface area contributed by atoms with Crippen LogP contribution in [0.5, 0.6) is 0 Å². The van der Waals surface area contributed by atoms with Crippen LogP contribution in [0.2, 0.25) is 0 Å². The highest BCUT2D eigenvalue weighted by Crippen LogP contribution is 2.00. The lowest BCUT2D eigenvalue weighted by atomic mass is 10.2. The maximum Gasteiger partial charge on any atom is 0.00576 e. The van der Waals surface area contributed by atoms with Crippen LogP contribution in [-0.2, 0) is 0 Å². The maximum absolute atomic E-state index is 4.78. The van der Waals surface area contributed by atoms with Gasteiger partial charge in [0, 0.05) is 6.42 Å². The lowest BCUT2D eigenvalue weighted by Crippen LogP contribution is -1.70. The van der Waals surface area contributed by atoms with Gasteiger partial charge in [0.05, 0.1) is 0 Å². The van der Waals surface area contributed by atoms with Gasteiger partial charge in [-0.25, -0.2) is 0 Å². The summed E-state index contributed by atoms with van der Waals surface area (Å²) in [6.07, 6.45) is 18.2. The molecule has 0 aromatic carbocycles. The van der Waals surface area contributed by atoms with Crippen LogP contribution in [-0.4, -0.2) is 0 Å². The van der Waals surface area contributed by atoms with E-state index in [2.05, 4.69) is 26.3 Å². The van der Waals surface area contributed by atoms with E-state index in [1.807, 2.05) is 67.5 Å². The van der Waals surface area contributed by atoms with Crippen molar-refractivity contribution in [2.45, 2.75) is 145 Å². The summed E-state index contributed by atoms with van der Waals surface area (Å²) < 4.78 is 0. The number of hydrogen-bond acceptors (Lipinski definition) is 0. The predicted octanol–water partition coefficient (Wildman–Crippen LogP) is 12.0. The Morgan fingerprint density at radius 2 is 0.963 bits per heavy atom. The Morgan fingerprint density at radius 1 is 0.704 bits per heavy atom. The zero-order chi connectivity index (χ0) is 19.1. The average molecular weight is 393 g/mol. The third-order valence-corrected chi connectivity index (χ3v) is 1.74. The molecule has 0 fully saturated rings. The Bertz CT molecular complexity index is 153. The summed E-state index contributed by atoms with van der Waals surface area (Å²) in [6, 6.07) is 0. The Morgan fingerprint density at radius 3 is 1.04 bits per heavy atom. The summed E-state index contributed by atoms with van der Waals surface area (Å²) in [6.45, 7) is 23.9. The minimum atomic E-state index is 0. The summed E-state index contributed by atoms with van der Waals surface area (Å²) in [5.74, 6) is 2.43. The summed E-state index contributed by atoms with van der Waals surface area (Å²) in [5, 5.41) is 0. The lowest BCUT2D eigenvalue weighted by Gasteiger charge is -1.90. The van der Waals surface area contributed by atoms with Crippen molar-refractivity contribution in [1.82, 2.24) is 0 Å². The molecule has 0 aliphatic carbocycles. The normalized spacial score (nSPS) is 5.52. The number of hydrogen-bond donors (Lipinski definition) is 0. The first-order valence-electron chi connectivity index (χ1n) is 9.42. The Kier molecular flexibility index (Phi) is 473. The fourth-order valence-electron chi connectivity index (χ4n) is 0.813. The molecule has 0 atom stereocenters. The minimum absolute atomic E-state index is 0. The highest BCUT2D eigenvalue weighted by atomic mass is 13.9. The molecule has 0 N–H and O–H groups in total. The maximum atomic E-state index is 4.78. The minimum Gasteiger partial charge on any atom is -0.120 e. The van der Waals surface area contributed by atoms with Crippen molar-refractivity contribution in [3.05, 3.63) is 24.8 Å². The molecule has 0 aliphatic rings. The van der Waals surface area contributed by atoms with E-state index in [-0.39, 0.29) is 37.1 Å². The summed E-state index contributed by atoms with van der Waals surface area (Å²) in [7, 11) is 0. The van der Waals surface area contributed by atoms with E-state index in [0.29, 0.717) is 0 Å². The highest BCUT2D eigenvalue weighted by Gasteiger charge is 1.80. The van der Waals surface area contributed by atoms with Gasteiger partial charge in [0.1, 0.15) is 0 Å². The van der Waals surface area contributed by atoms with Crippen LogP contribution in [0.1, 0.15) is 145 Å². The highest BCUT2D eigenvalue weighted by molar-refractivity contribution is 4.94. The van der Waals surface area contributed by atoms with Gasteiger partial charge in [0.25, 0.3) is 0 Å². The number of terminal acetylenes is 1. The average Bonchev–Trinajstić information content (AvgIpc) is 2.62. The molecule has 0 saturated heterocycles. The van der Waals surface area contributed by atoms with Gasteiger partial charge in [-0.2, -0.15) is 0 Å². The number of rotatable bonds is 5. The fraction of sp³-hybridized carbons (Fsp3) is 0.778. The van der Waals surface area contributed by atoms with Crippen molar-refractivity contribution in [1.29, 1.82) is 0 Å². The van der Waals surface area contributed by atoms with E-state index in [9.17, 15) is 0 Å². The number of allylic oxidation sites excluding steroid dienone is 3. The van der Waals surface area contributed by atoms with Crippen molar-refractivity contribution in [3.8, 4) is 12.3 Å². The topological polar surface area (TPSA) is 0 Å². The van der Waals surface area contributed by atoms with Crippen LogP contribution in [0.3, 0.4) is 0 Å². The smallest absolute Gasteiger partial charge is 0.00576 e. The SMILES string of the molecule is C.C.C.C.C.C#CCC.C=CC=CC.CC.CC.CC.CCCCCCC. The Hall–Kier alpha value is -0.960. The molecule has 0 aromatic heterocycles. The molecule has 0 heterocycles. The number of unbranched alkanes of at least 4 members (excludes halogenated alkanes) is 4. The van der Waals surface area contributed by atoms with Gasteiger partial charge in [-0.3, -0.25) is 0 Å². The summed E-state index contributed by atoms with van der Waals surface area (Å²) in [5.41, 5.74) is 0. The van der Waals surface area contributed by atoms with Crippen LogP contribution in [0.15, 0.2) is 24.8 Å². The molecule has 27 heavy (non-hydrogen) atoms. The van der Waals surface area contributed by atoms with Crippen molar-refractivity contribution in [3.63, 3.8) is 0 Å². The van der Waals surface area contributed by atoms with E-state index in [4.69, 9.17) is 6.42 Å². The molecule has 176 valence electrons. The first-order valence-corrected chi connectivity index (χ1v) is 9.42. The largest absolute Gasteiger partial charge is 0.120 e. The predicted molar refractivity (Wildman–Crippen MR) is 146 cm³/mol. The van der Waals surface area contributed by atoms with Gasteiger partial charge in [-0.15, -0.1) is 12.3 Å². The second-order valence-electron chi connectivity index (χ2n) is 3.38. The molecule has 0 bridgehead atoms. The van der Waals surface area contributed by atoms with E-state index in [1.54, 1.807) is 6.08 Å². The van der Waals surface area contributed by atoms with E-state index in [1.165, 1.54) is 32.1 Å². The van der Waals surface area contributed by atoms with Crippen LogP contribution in [0, 0.1) is 12.3 Å². The third kappa shape index (κ3) is 364. The molecule has 0 aliphatic heterocycles. The van der Waals surface area contributed by atoms with Crippen molar-refractivity contribution in [2.75, 3.05) is 0 Å². The molecule has 0 spiro atoms. The Labute approximate surface area is 182 Å². The third-order valence-electron chi connectivity index (χ3n) is 1.74. The molecule has 0 rings (SSSR count). The lowest BCUT2D eigenvalue weighted by molar-refractivity contribution is 0.656. The first-order chi connectivity index (χ1) is 10.7. The molecule has 0 heteroatoms.